The van der Waals surface area contributed by atoms with Crippen molar-refractivity contribution in [1.29, 1.82) is 0 Å². The van der Waals surface area contributed by atoms with E-state index in [-0.39, 0.29) is 10.7 Å². The average Bonchev–Trinajstić information content (AvgIpc) is 3.33. The zero-order valence-corrected chi connectivity index (χ0v) is 17.8. The largest absolute Gasteiger partial charge is 0.377 e. The van der Waals surface area contributed by atoms with E-state index in [0.717, 1.165) is 23.1 Å². The van der Waals surface area contributed by atoms with E-state index in [1.807, 2.05) is 0 Å². The summed E-state index contributed by atoms with van der Waals surface area (Å²) in [5.41, 5.74) is -2.89. The number of aromatic nitrogens is 5. The first-order valence-electron chi connectivity index (χ1n) is 9.71. The lowest BCUT2D eigenvalue weighted by Crippen LogP contribution is -2.45. The second kappa shape index (κ2) is 9.59. The third-order valence-corrected chi connectivity index (χ3v) is 5.24. The Balaban J connectivity index is 1.77. The summed E-state index contributed by atoms with van der Waals surface area (Å²) in [4.78, 5) is 4.16. The molecule has 0 amide bonds. The highest BCUT2D eigenvalue weighted by molar-refractivity contribution is 6.30. The first kappa shape index (κ1) is 23.4. The van der Waals surface area contributed by atoms with Gasteiger partial charge >= 0.3 is 0 Å². The Morgan fingerprint density at radius 3 is 2.26 bits per heavy atom. The minimum absolute atomic E-state index is 0.0287. The maximum absolute atomic E-state index is 14.7. The maximum Gasteiger partial charge on any atom is 0.273 e. The third-order valence-electron chi connectivity index (χ3n) is 5.00. The molecule has 6 nitrogen and oxygen atoms in total. The molecule has 11 heteroatoms. The molecule has 0 aliphatic heterocycles. The van der Waals surface area contributed by atoms with Crippen molar-refractivity contribution in [3.05, 3.63) is 106 Å². The van der Waals surface area contributed by atoms with E-state index in [9.17, 15) is 22.7 Å². The van der Waals surface area contributed by atoms with Crippen LogP contribution in [0.4, 0.5) is 17.6 Å². The summed E-state index contributed by atoms with van der Waals surface area (Å²) in [6, 6.07) is 9.66. The van der Waals surface area contributed by atoms with Crippen molar-refractivity contribution in [2.24, 2.45) is 0 Å². The Morgan fingerprint density at radius 1 is 0.971 bits per heavy atom. The van der Waals surface area contributed by atoms with Crippen molar-refractivity contribution in [2.75, 3.05) is 0 Å². The Labute approximate surface area is 195 Å². The van der Waals surface area contributed by atoms with Gasteiger partial charge in [0.15, 0.2) is 5.60 Å². The topological polar surface area (TPSA) is 76.7 Å². The van der Waals surface area contributed by atoms with Gasteiger partial charge in [-0.15, -0.1) is 5.10 Å². The van der Waals surface area contributed by atoms with Crippen molar-refractivity contribution in [3.8, 4) is 11.8 Å². The first-order valence-corrected chi connectivity index (χ1v) is 10.1. The second-order valence-corrected chi connectivity index (χ2v) is 7.61. The molecule has 0 saturated carbocycles. The number of hydrogen-bond acceptors (Lipinski definition) is 5. The molecule has 34 heavy (non-hydrogen) atoms. The van der Waals surface area contributed by atoms with Crippen LogP contribution in [0.5, 0.6) is 0 Å². The Bertz CT molecular complexity index is 1340. The van der Waals surface area contributed by atoms with Crippen LogP contribution in [0.15, 0.2) is 67.1 Å². The van der Waals surface area contributed by atoms with E-state index in [2.05, 4.69) is 32.4 Å². The average molecular weight is 488 g/mol. The van der Waals surface area contributed by atoms with Crippen LogP contribution in [-0.4, -0.2) is 36.7 Å². The fourth-order valence-electron chi connectivity index (χ4n) is 3.37. The number of tetrazole rings is 1. The van der Waals surface area contributed by atoms with Crippen LogP contribution in [-0.2, 0) is 5.60 Å². The quantitative estimate of drug-likeness (QED) is 0.338. The number of rotatable bonds is 5. The fraction of sp³-hybridized carbons (Fsp3) is 0.130. The standard InChI is InChI=1S/C23H14ClF4N5O/c24-16-6-9-18(19(26)11-16)23(34,22(27)28)21(33-13-30-31-32-33)20-10-5-15(12-29-20)2-1-14-3-7-17(25)8-4-14/h3-13,21-22,34H. The zero-order valence-electron chi connectivity index (χ0n) is 17.1. The molecular weight excluding hydrogens is 474 g/mol. The molecule has 0 radical (unpaired) electrons. The van der Waals surface area contributed by atoms with Gasteiger partial charge in [0.05, 0.1) is 5.69 Å². The summed E-state index contributed by atoms with van der Waals surface area (Å²) in [5.74, 6) is 4.12. The van der Waals surface area contributed by atoms with Crippen molar-refractivity contribution in [3.63, 3.8) is 0 Å². The lowest BCUT2D eigenvalue weighted by Gasteiger charge is -2.35. The summed E-state index contributed by atoms with van der Waals surface area (Å²) < 4.78 is 57.3. The Kier molecular flexibility index (Phi) is 6.58. The van der Waals surface area contributed by atoms with Gasteiger partial charge < -0.3 is 5.11 Å². The Hall–Kier alpha value is -3.81. The number of hydrogen-bond donors (Lipinski definition) is 1. The van der Waals surface area contributed by atoms with E-state index in [0.29, 0.717) is 11.1 Å². The summed E-state index contributed by atoms with van der Waals surface area (Å²) in [6.45, 7) is 0. The first-order chi connectivity index (χ1) is 16.3. The van der Waals surface area contributed by atoms with E-state index >= 15 is 0 Å². The third kappa shape index (κ3) is 4.62. The minimum Gasteiger partial charge on any atom is -0.377 e. The number of nitrogens with zero attached hydrogens (tertiary/aromatic N) is 5. The second-order valence-electron chi connectivity index (χ2n) is 7.17. The predicted molar refractivity (Wildman–Crippen MR) is 114 cm³/mol. The van der Waals surface area contributed by atoms with Crippen LogP contribution < -0.4 is 0 Å². The molecule has 172 valence electrons. The molecule has 4 aromatic rings. The van der Waals surface area contributed by atoms with Gasteiger partial charge in [-0.3, -0.25) is 4.98 Å². The van der Waals surface area contributed by atoms with Crippen molar-refractivity contribution in [1.82, 2.24) is 25.2 Å². The predicted octanol–water partition coefficient (Wildman–Crippen LogP) is 4.14. The Morgan fingerprint density at radius 2 is 1.68 bits per heavy atom. The van der Waals surface area contributed by atoms with Gasteiger partial charge in [0.2, 0.25) is 0 Å². The monoisotopic (exact) mass is 487 g/mol. The molecular formula is C23H14ClF4N5O. The lowest BCUT2D eigenvalue weighted by molar-refractivity contribution is -0.130. The highest BCUT2D eigenvalue weighted by atomic mass is 35.5. The summed E-state index contributed by atoms with van der Waals surface area (Å²) >= 11 is 5.75. The summed E-state index contributed by atoms with van der Waals surface area (Å²) in [7, 11) is 0. The summed E-state index contributed by atoms with van der Waals surface area (Å²) in [6.07, 6.45) is -1.15. The fourth-order valence-corrected chi connectivity index (χ4v) is 3.53. The lowest BCUT2D eigenvalue weighted by atomic mass is 9.84. The minimum atomic E-state index is -3.46. The molecule has 0 saturated heterocycles. The molecule has 2 atom stereocenters. The van der Waals surface area contributed by atoms with Gasteiger partial charge in [0, 0.05) is 27.9 Å². The number of benzene rings is 2. The molecule has 2 unspecified atom stereocenters. The van der Waals surface area contributed by atoms with Crippen LogP contribution >= 0.6 is 11.6 Å². The van der Waals surface area contributed by atoms with E-state index in [4.69, 9.17) is 11.6 Å². The number of alkyl halides is 2. The van der Waals surface area contributed by atoms with Gasteiger partial charge in [-0.25, -0.2) is 22.2 Å². The molecule has 1 N–H and O–H groups in total. The molecule has 2 heterocycles. The van der Waals surface area contributed by atoms with E-state index in [1.165, 1.54) is 48.7 Å². The van der Waals surface area contributed by atoms with Gasteiger partial charge in [0.1, 0.15) is 24.0 Å². The molecule has 0 aliphatic rings. The highest BCUT2D eigenvalue weighted by Gasteiger charge is 2.51. The maximum atomic E-state index is 14.7. The van der Waals surface area contributed by atoms with Crippen LogP contribution in [0, 0.1) is 23.5 Å². The van der Waals surface area contributed by atoms with Gasteiger partial charge in [-0.2, -0.15) is 0 Å². The summed E-state index contributed by atoms with van der Waals surface area (Å²) in [5, 5.41) is 21.7. The highest BCUT2D eigenvalue weighted by Crippen LogP contribution is 2.43. The molecule has 2 aromatic heterocycles. The van der Waals surface area contributed by atoms with E-state index in [1.54, 1.807) is 0 Å². The number of halogens is 5. The van der Waals surface area contributed by atoms with Crippen LogP contribution in [0.3, 0.4) is 0 Å². The molecule has 0 aliphatic carbocycles. The normalized spacial score (nSPS) is 13.7. The van der Waals surface area contributed by atoms with Gasteiger partial charge in [-0.1, -0.05) is 29.5 Å². The van der Waals surface area contributed by atoms with Crippen molar-refractivity contribution < 1.29 is 22.7 Å². The number of pyridine rings is 1. The SMILES string of the molecule is OC(c1ccc(Cl)cc1F)(C(F)F)C(c1ccc(C#Cc2ccc(F)cc2)cn1)n1cnnn1. The molecule has 4 rings (SSSR count). The zero-order chi connectivity index (χ0) is 24.3. The van der Waals surface area contributed by atoms with Gasteiger partial charge in [-0.05, 0) is 59.0 Å². The van der Waals surface area contributed by atoms with E-state index < -0.39 is 35.3 Å². The smallest absolute Gasteiger partial charge is 0.273 e. The molecule has 2 aromatic carbocycles. The number of aliphatic hydroxyl groups is 1. The molecule has 0 spiro atoms. The van der Waals surface area contributed by atoms with Gasteiger partial charge in [0.25, 0.3) is 6.43 Å². The van der Waals surface area contributed by atoms with Crippen molar-refractivity contribution >= 4 is 11.6 Å². The van der Waals surface area contributed by atoms with Crippen LogP contribution in [0.25, 0.3) is 0 Å². The molecule has 0 bridgehead atoms. The molecule has 0 fully saturated rings. The van der Waals surface area contributed by atoms with Crippen LogP contribution in [0.1, 0.15) is 28.4 Å². The van der Waals surface area contributed by atoms with Crippen molar-refractivity contribution in [2.45, 2.75) is 18.1 Å². The van der Waals surface area contributed by atoms with Crippen LogP contribution in [0.2, 0.25) is 5.02 Å².